The van der Waals surface area contributed by atoms with Gasteiger partial charge in [0.05, 0.1) is 16.8 Å². The predicted octanol–water partition coefficient (Wildman–Crippen LogP) is 4.40. The minimum Gasteiger partial charge on any atom is -0.507 e. The Labute approximate surface area is 148 Å². The van der Waals surface area contributed by atoms with E-state index in [1.807, 2.05) is 20.8 Å². The third-order valence-corrected chi connectivity index (χ3v) is 4.23. The monoisotopic (exact) mass is 391 g/mol. The maximum Gasteiger partial charge on any atom is 0.335 e. The summed E-state index contributed by atoms with van der Waals surface area (Å²) in [6.07, 6.45) is 0. The number of rotatable bonds is 3. The van der Waals surface area contributed by atoms with Crippen LogP contribution in [0.1, 0.15) is 47.1 Å². The molecule has 2 aromatic rings. The number of aromatic hydroxyl groups is 1. The van der Waals surface area contributed by atoms with Crippen LogP contribution in [-0.4, -0.2) is 22.1 Å². The molecular formula is C18H18BrNO4. The van der Waals surface area contributed by atoms with Crippen LogP contribution in [0.2, 0.25) is 0 Å². The summed E-state index contributed by atoms with van der Waals surface area (Å²) in [5.41, 5.74) is 1.46. The van der Waals surface area contributed by atoms with Crippen molar-refractivity contribution < 1.29 is 19.8 Å². The number of phenols is 1. The fourth-order valence-electron chi connectivity index (χ4n) is 2.12. The third kappa shape index (κ3) is 3.94. The van der Waals surface area contributed by atoms with Gasteiger partial charge >= 0.3 is 5.97 Å². The van der Waals surface area contributed by atoms with Gasteiger partial charge in [0.2, 0.25) is 0 Å². The molecule has 24 heavy (non-hydrogen) atoms. The van der Waals surface area contributed by atoms with Crippen LogP contribution in [0.15, 0.2) is 40.9 Å². The molecule has 0 saturated carbocycles. The van der Waals surface area contributed by atoms with Crippen LogP contribution in [0.3, 0.4) is 0 Å². The summed E-state index contributed by atoms with van der Waals surface area (Å²) in [6.45, 7) is 6.05. The molecule has 3 N–H and O–H groups in total. The number of hydrogen-bond donors (Lipinski definition) is 3. The summed E-state index contributed by atoms with van der Waals surface area (Å²) < 4.78 is 0.446. The number of amides is 1. The second-order valence-electron chi connectivity index (χ2n) is 6.44. The molecule has 126 valence electrons. The highest BCUT2D eigenvalue weighted by Crippen LogP contribution is 2.29. The molecule has 0 aliphatic carbocycles. The second-order valence-corrected chi connectivity index (χ2v) is 7.29. The van der Waals surface area contributed by atoms with E-state index >= 15 is 0 Å². The number of phenolic OH excluding ortho intramolecular Hbond substituents is 1. The average Bonchev–Trinajstić information content (AvgIpc) is 2.48. The molecule has 1 amide bonds. The van der Waals surface area contributed by atoms with Crippen molar-refractivity contribution in [3.8, 4) is 5.75 Å². The largest absolute Gasteiger partial charge is 0.507 e. The molecule has 2 rings (SSSR count). The first-order chi connectivity index (χ1) is 11.1. The zero-order valence-corrected chi connectivity index (χ0v) is 15.1. The van der Waals surface area contributed by atoms with Crippen LogP contribution in [0, 0.1) is 0 Å². The van der Waals surface area contributed by atoms with E-state index in [1.54, 1.807) is 12.1 Å². The second kappa shape index (κ2) is 6.65. The van der Waals surface area contributed by atoms with Gasteiger partial charge in [-0.05, 0) is 57.2 Å². The molecule has 0 aromatic heterocycles. The summed E-state index contributed by atoms with van der Waals surface area (Å²) in [7, 11) is 0. The summed E-state index contributed by atoms with van der Waals surface area (Å²) in [6, 6.07) is 9.24. The van der Waals surface area contributed by atoms with Crippen LogP contribution in [0.4, 0.5) is 5.69 Å². The topological polar surface area (TPSA) is 86.6 Å². The summed E-state index contributed by atoms with van der Waals surface area (Å²) >= 11 is 3.24. The maximum atomic E-state index is 12.5. The molecule has 0 bridgehead atoms. The summed E-state index contributed by atoms with van der Waals surface area (Å²) in [5, 5.41) is 21.6. The number of anilines is 1. The minimum absolute atomic E-state index is 0.109. The van der Waals surface area contributed by atoms with Crippen molar-refractivity contribution in [2.24, 2.45) is 0 Å². The lowest BCUT2D eigenvalue weighted by molar-refractivity contribution is 0.0696. The van der Waals surface area contributed by atoms with Gasteiger partial charge in [-0.3, -0.25) is 4.79 Å². The molecule has 0 aliphatic rings. The van der Waals surface area contributed by atoms with E-state index in [0.717, 1.165) is 5.56 Å². The van der Waals surface area contributed by atoms with E-state index in [-0.39, 0.29) is 22.3 Å². The summed E-state index contributed by atoms with van der Waals surface area (Å²) in [4.78, 5) is 23.4. The van der Waals surface area contributed by atoms with Crippen molar-refractivity contribution in [1.82, 2.24) is 0 Å². The molecule has 0 saturated heterocycles. The molecule has 0 unspecified atom stereocenters. The lowest BCUT2D eigenvalue weighted by Gasteiger charge is -2.20. The van der Waals surface area contributed by atoms with Crippen molar-refractivity contribution >= 4 is 33.5 Å². The smallest absolute Gasteiger partial charge is 0.335 e. The number of carboxylic acids is 1. The zero-order valence-electron chi connectivity index (χ0n) is 13.6. The van der Waals surface area contributed by atoms with Crippen molar-refractivity contribution in [1.29, 1.82) is 0 Å². The number of carbonyl (C=O) groups excluding carboxylic acids is 1. The number of carbonyl (C=O) groups is 2. The lowest BCUT2D eigenvalue weighted by Crippen LogP contribution is -2.16. The van der Waals surface area contributed by atoms with Crippen LogP contribution in [-0.2, 0) is 5.41 Å². The standard InChI is InChI=1S/C18H18BrNO4/c1-18(2,3)11-5-7-15(21)12(9-11)16(22)20-14-6-4-10(17(23)24)8-13(14)19/h4-9,21H,1-3H3,(H,20,22)(H,23,24). The first kappa shape index (κ1) is 18.0. The lowest BCUT2D eigenvalue weighted by atomic mass is 9.86. The highest BCUT2D eigenvalue weighted by Gasteiger charge is 2.19. The van der Waals surface area contributed by atoms with Crippen molar-refractivity contribution in [2.75, 3.05) is 5.32 Å². The molecule has 0 spiro atoms. The van der Waals surface area contributed by atoms with Crippen LogP contribution < -0.4 is 5.32 Å². The van der Waals surface area contributed by atoms with Crippen LogP contribution >= 0.6 is 15.9 Å². The Bertz CT molecular complexity index is 809. The van der Waals surface area contributed by atoms with E-state index in [0.29, 0.717) is 10.2 Å². The number of nitrogens with one attached hydrogen (secondary N) is 1. The Morgan fingerprint density at radius 1 is 1.08 bits per heavy atom. The van der Waals surface area contributed by atoms with E-state index in [4.69, 9.17) is 5.11 Å². The molecule has 0 aliphatic heterocycles. The number of halogens is 1. The highest BCUT2D eigenvalue weighted by molar-refractivity contribution is 9.10. The molecule has 0 radical (unpaired) electrons. The molecule has 0 atom stereocenters. The first-order valence-corrected chi connectivity index (χ1v) is 8.06. The van der Waals surface area contributed by atoms with E-state index in [2.05, 4.69) is 21.2 Å². The molecular weight excluding hydrogens is 374 g/mol. The third-order valence-electron chi connectivity index (χ3n) is 3.57. The fraction of sp³-hybridized carbons (Fsp3) is 0.222. The highest BCUT2D eigenvalue weighted by atomic mass is 79.9. The van der Waals surface area contributed by atoms with Gasteiger partial charge < -0.3 is 15.5 Å². The Morgan fingerprint density at radius 3 is 2.29 bits per heavy atom. The summed E-state index contributed by atoms with van der Waals surface area (Å²) in [5.74, 6) is -1.63. The van der Waals surface area contributed by atoms with Crippen molar-refractivity contribution in [3.63, 3.8) is 0 Å². The predicted molar refractivity (Wildman–Crippen MR) is 95.9 cm³/mol. The van der Waals surface area contributed by atoms with Gasteiger partial charge in [-0.1, -0.05) is 26.8 Å². The Kier molecular flexibility index (Phi) is 4.99. The van der Waals surface area contributed by atoms with Crippen LogP contribution in [0.25, 0.3) is 0 Å². The molecule has 0 heterocycles. The molecule has 6 heteroatoms. The van der Waals surface area contributed by atoms with Gasteiger partial charge in [-0.25, -0.2) is 4.79 Å². The molecule has 2 aromatic carbocycles. The Hall–Kier alpha value is -2.34. The van der Waals surface area contributed by atoms with E-state index in [9.17, 15) is 14.7 Å². The van der Waals surface area contributed by atoms with Gasteiger partial charge in [0, 0.05) is 4.47 Å². The minimum atomic E-state index is -1.05. The first-order valence-electron chi connectivity index (χ1n) is 7.27. The number of hydrogen-bond acceptors (Lipinski definition) is 3. The van der Waals surface area contributed by atoms with E-state index < -0.39 is 11.9 Å². The number of benzene rings is 2. The average molecular weight is 392 g/mol. The van der Waals surface area contributed by atoms with Crippen molar-refractivity contribution in [2.45, 2.75) is 26.2 Å². The fourth-order valence-corrected chi connectivity index (χ4v) is 2.60. The van der Waals surface area contributed by atoms with Gasteiger partial charge in [0.15, 0.2) is 0 Å². The van der Waals surface area contributed by atoms with E-state index in [1.165, 1.54) is 24.3 Å². The van der Waals surface area contributed by atoms with Crippen LogP contribution in [0.5, 0.6) is 5.75 Å². The van der Waals surface area contributed by atoms with Crippen molar-refractivity contribution in [3.05, 3.63) is 57.6 Å². The van der Waals surface area contributed by atoms with Gasteiger partial charge in [0.1, 0.15) is 5.75 Å². The quantitative estimate of drug-likeness (QED) is 0.723. The number of carboxylic acid groups (broad SMARTS) is 1. The normalized spacial score (nSPS) is 11.2. The molecule has 0 fully saturated rings. The SMILES string of the molecule is CC(C)(C)c1ccc(O)c(C(=O)Nc2ccc(C(=O)O)cc2Br)c1. The van der Waals surface area contributed by atoms with Gasteiger partial charge in [-0.15, -0.1) is 0 Å². The zero-order chi connectivity index (χ0) is 18.1. The van der Waals surface area contributed by atoms with Gasteiger partial charge in [0.25, 0.3) is 5.91 Å². The van der Waals surface area contributed by atoms with Gasteiger partial charge in [-0.2, -0.15) is 0 Å². The Balaban J connectivity index is 2.32. The molecule has 5 nitrogen and oxygen atoms in total. The number of aromatic carboxylic acids is 1. The Morgan fingerprint density at radius 2 is 1.75 bits per heavy atom. The maximum absolute atomic E-state index is 12.5.